The van der Waals surface area contributed by atoms with Gasteiger partial charge in [-0.15, -0.1) is 5.10 Å². The molecule has 1 aromatic heterocycles. The Labute approximate surface area is 119 Å². The van der Waals surface area contributed by atoms with Gasteiger partial charge in [0.2, 0.25) is 5.91 Å². The number of hydrogen-bond acceptors (Lipinski definition) is 5. The summed E-state index contributed by atoms with van der Waals surface area (Å²) in [4.78, 5) is 13.4. The lowest BCUT2D eigenvalue weighted by Gasteiger charge is -2.29. The SMILES string of the molecule is CC(C)CCn1nnnc1CN1CCC(C(N)=O)CC1. The Bertz CT molecular complexity index is 436. The molecular weight excluding hydrogens is 256 g/mol. The van der Waals surface area contributed by atoms with Crippen molar-refractivity contribution in [1.82, 2.24) is 25.1 Å². The topological polar surface area (TPSA) is 89.9 Å². The lowest BCUT2D eigenvalue weighted by Crippen LogP contribution is -2.38. The molecule has 2 heterocycles. The number of hydrogen-bond donors (Lipinski definition) is 1. The van der Waals surface area contributed by atoms with Gasteiger partial charge in [-0.1, -0.05) is 13.8 Å². The van der Waals surface area contributed by atoms with Crippen LogP contribution in [0.3, 0.4) is 0 Å². The van der Waals surface area contributed by atoms with E-state index in [1.54, 1.807) is 0 Å². The highest BCUT2D eigenvalue weighted by Crippen LogP contribution is 2.18. The van der Waals surface area contributed by atoms with Gasteiger partial charge in [-0.25, -0.2) is 4.68 Å². The smallest absolute Gasteiger partial charge is 0.220 e. The van der Waals surface area contributed by atoms with Gasteiger partial charge in [0, 0.05) is 12.5 Å². The molecule has 1 saturated heterocycles. The molecule has 0 saturated carbocycles. The Morgan fingerprint density at radius 1 is 1.40 bits per heavy atom. The zero-order valence-electron chi connectivity index (χ0n) is 12.3. The van der Waals surface area contributed by atoms with E-state index in [0.717, 1.165) is 51.3 Å². The highest BCUT2D eigenvalue weighted by atomic mass is 16.1. The molecule has 0 atom stereocenters. The van der Waals surface area contributed by atoms with Crippen molar-refractivity contribution in [2.75, 3.05) is 13.1 Å². The maximum Gasteiger partial charge on any atom is 0.220 e. The van der Waals surface area contributed by atoms with Gasteiger partial charge in [0.05, 0.1) is 6.54 Å². The van der Waals surface area contributed by atoms with E-state index in [9.17, 15) is 4.79 Å². The molecule has 2 N–H and O–H groups in total. The maximum absolute atomic E-state index is 11.1. The number of amides is 1. The van der Waals surface area contributed by atoms with E-state index < -0.39 is 0 Å². The lowest BCUT2D eigenvalue weighted by molar-refractivity contribution is -0.123. The number of nitrogens with zero attached hydrogens (tertiary/aromatic N) is 5. The number of rotatable bonds is 6. The zero-order valence-corrected chi connectivity index (χ0v) is 12.3. The van der Waals surface area contributed by atoms with Crippen molar-refractivity contribution in [2.45, 2.75) is 46.2 Å². The third-order valence-electron chi connectivity index (χ3n) is 3.88. The Morgan fingerprint density at radius 2 is 2.10 bits per heavy atom. The first-order valence-corrected chi connectivity index (χ1v) is 7.33. The average Bonchev–Trinajstić information content (AvgIpc) is 2.84. The average molecular weight is 280 g/mol. The van der Waals surface area contributed by atoms with Crippen LogP contribution in [0.4, 0.5) is 0 Å². The minimum absolute atomic E-state index is 0.0307. The minimum atomic E-state index is -0.175. The number of likely N-dealkylation sites (tertiary alicyclic amines) is 1. The predicted octanol–water partition coefficient (Wildman–Crippen LogP) is 0.417. The molecule has 112 valence electrons. The van der Waals surface area contributed by atoms with Gasteiger partial charge in [-0.05, 0) is 48.7 Å². The van der Waals surface area contributed by atoms with E-state index in [-0.39, 0.29) is 11.8 Å². The fourth-order valence-corrected chi connectivity index (χ4v) is 2.47. The summed E-state index contributed by atoms with van der Waals surface area (Å²) >= 11 is 0. The van der Waals surface area contributed by atoms with Gasteiger partial charge >= 0.3 is 0 Å². The standard InChI is InChI=1S/C13H24N6O/c1-10(2)3-8-19-12(15-16-17-19)9-18-6-4-11(5-7-18)13(14)20/h10-11H,3-9H2,1-2H3,(H2,14,20). The summed E-state index contributed by atoms with van der Waals surface area (Å²) in [6.45, 7) is 7.75. The number of piperidine rings is 1. The van der Waals surface area contributed by atoms with E-state index in [1.807, 2.05) is 4.68 Å². The van der Waals surface area contributed by atoms with Crippen LogP contribution in [0.1, 0.15) is 38.9 Å². The molecule has 1 fully saturated rings. The van der Waals surface area contributed by atoms with Crippen molar-refractivity contribution in [1.29, 1.82) is 0 Å². The van der Waals surface area contributed by atoms with Crippen LogP contribution in [0.2, 0.25) is 0 Å². The van der Waals surface area contributed by atoms with E-state index in [1.165, 1.54) is 0 Å². The quantitative estimate of drug-likeness (QED) is 0.815. The lowest BCUT2D eigenvalue weighted by atomic mass is 9.96. The first kappa shape index (κ1) is 14.9. The minimum Gasteiger partial charge on any atom is -0.369 e. The van der Waals surface area contributed by atoms with Crippen LogP contribution < -0.4 is 5.73 Å². The number of carbonyl (C=O) groups is 1. The molecule has 1 aliphatic rings. The number of tetrazole rings is 1. The Balaban J connectivity index is 1.85. The van der Waals surface area contributed by atoms with Gasteiger partial charge in [-0.3, -0.25) is 9.69 Å². The first-order valence-electron chi connectivity index (χ1n) is 7.33. The van der Waals surface area contributed by atoms with E-state index >= 15 is 0 Å². The summed E-state index contributed by atoms with van der Waals surface area (Å²) < 4.78 is 1.89. The molecule has 0 spiro atoms. The molecule has 20 heavy (non-hydrogen) atoms. The molecule has 7 heteroatoms. The van der Waals surface area contributed by atoms with Crippen LogP contribution >= 0.6 is 0 Å². The Kier molecular flexibility index (Phi) is 5.05. The van der Waals surface area contributed by atoms with Crippen LogP contribution in [-0.4, -0.2) is 44.1 Å². The maximum atomic E-state index is 11.1. The molecule has 1 aromatic rings. The van der Waals surface area contributed by atoms with Crippen molar-refractivity contribution in [3.05, 3.63) is 5.82 Å². The van der Waals surface area contributed by atoms with Crippen molar-refractivity contribution >= 4 is 5.91 Å². The Morgan fingerprint density at radius 3 is 2.70 bits per heavy atom. The van der Waals surface area contributed by atoms with Gasteiger partial charge in [0.15, 0.2) is 5.82 Å². The Hall–Kier alpha value is -1.50. The van der Waals surface area contributed by atoms with Gasteiger partial charge in [0.25, 0.3) is 0 Å². The van der Waals surface area contributed by atoms with Crippen LogP contribution in [-0.2, 0) is 17.9 Å². The molecule has 0 unspecified atom stereocenters. The van der Waals surface area contributed by atoms with Crippen molar-refractivity contribution < 1.29 is 4.79 Å². The normalized spacial score (nSPS) is 17.8. The molecule has 0 radical (unpaired) electrons. The third kappa shape index (κ3) is 4.00. The van der Waals surface area contributed by atoms with Crippen LogP contribution in [0.15, 0.2) is 0 Å². The molecule has 2 rings (SSSR count). The molecule has 1 amide bonds. The number of carbonyl (C=O) groups excluding carboxylic acids is 1. The molecule has 0 aromatic carbocycles. The number of aryl methyl sites for hydroxylation is 1. The van der Waals surface area contributed by atoms with Crippen LogP contribution in [0.25, 0.3) is 0 Å². The summed E-state index contributed by atoms with van der Waals surface area (Å²) in [7, 11) is 0. The third-order valence-corrected chi connectivity index (χ3v) is 3.88. The van der Waals surface area contributed by atoms with Gasteiger partial charge in [-0.2, -0.15) is 0 Å². The molecule has 1 aliphatic heterocycles. The van der Waals surface area contributed by atoms with E-state index in [4.69, 9.17) is 5.73 Å². The largest absolute Gasteiger partial charge is 0.369 e. The molecule has 0 bridgehead atoms. The highest BCUT2D eigenvalue weighted by Gasteiger charge is 2.24. The van der Waals surface area contributed by atoms with Gasteiger partial charge in [0.1, 0.15) is 0 Å². The number of primary amides is 1. The summed E-state index contributed by atoms with van der Waals surface area (Å²) in [5, 5.41) is 11.9. The van der Waals surface area contributed by atoms with Crippen LogP contribution in [0.5, 0.6) is 0 Å². The van der Waals surface area contributed by atoms with Crippen LogP contribution in [0, 0.1) is 11.8 Å². The van der Waals surface area contributed by atoms with Gasteiger partial charge < -0.3 is 5.73 Å². The fraction of sp³-hybridized carbons (Fsp3) is 0.846. The van der Waals surface area contributed by atoms with Crippen molar-refractivity contribution in [3.8, 4) is 0 Å². The number of aromatic nitrogens is 4. The summed E-state index contributed by atoms with van der Waals surface area (Å²) in [6, 6.07) is 0. The monoisotopic (exact) mass is 280 g/mol. The second-order valence-corrected chi connectivity index (χ2v) is 5.95. The first-order chi connectivity index (χ1) is 9.56. The second kappa shape index (κ2) is 6.78. The molecule has 0 aliphatic carbocycles. The second-order valence-electron chi connectivity index (χ2n) is 5.95. The summed E-state index contributed by atoms with van der Waals surface area (Å²) in [5.41, 5.74) is 5.35. The van der Waals surface area contributed by atoms with E-state index in [0.29, 0.717) is 5.92 Å². The van der Waals surface area contributed by atoms with Crippen molar-refractivity contribution in [3.63, 3.8) is 0 Å². The van der Waals surface area contributed by atoms with E-state index in [2.05, 4.69) is 34.3 Å². The predicted molar refractivity (Wildman–Crippen MR) is 74.5 cm³/mol. The molecule has 7 nitrogen and oxygen atoms in total. The summed E-state index contributed by atoms with van der Waals surface area (Å²) in [6.07, 6.45) is 2.74. The fourth-order valence-electron chi connectivity index (χ4n) is 2.47. The van der Waals surface area contributed by atoms with Crippen molar-refractivity contribution in [2.24, 2.45) is 17.6 Å². The zero-order chi connectivity index (χ0) is 14.5. The highest BCUT2D eigenvalue weighted by molar-refractivity contribution is 5.76. The molecular formula is C13H24N6O. The number of nitrogens with two attached hydrogens (primary N) is 1. The summed E-state index contributed by atoms with van der Waals surface area (Å²) in [5.74, 6) is 1.40.